The highest BCUT2D eigenvalue weighted by atomic mass is 15.2. The summed E-state index contributed by atoms with van der Waals surface area (Å²) in [5, 5.41) is 5.29. The second-order valence-corrected chi connectivity index (χ2v) is 21.0. The molecule has 10 aromatic carbocycles. The summed E-state index contributed by atoms with van der Waals surface area (Å²) in [7, 11) is 0. The summed E-state index contributed by atoms with van der Waals surface area (Å²) in [4.78, 5) is 2.65. The predicted octanol–water partition coefficient (Wildman–Crippen LogP) is 19.2. The van der Waals surface area contributed by atoms with Gasteiger partial charge in [-0.3, -0.25) is 0 Å². The number of nitrogens with zero attached hydrogens (tertiary/aromatic N) is 2. The van der Waals surface area contributed by atoms with Crippen LogP contribution in [0.4, 0.5) is 11.4 Å². The fraction of sp³-hybridized carbons (Fsp3) is 0.139. The fourth-order valence-electron chi connectivity index (χ4n) is 13.6. The number of benzene rings is 10. The topological polar surface area (TPSA) is 8.17 Å². The van der Waals surface area contributed by atoms with E-state index >= 15 is 0 Å². The van der Waals surface area contributed by atoms with E-state index in [1.807, 2.05) is 0 Å². The van der Waals surface area contributed by atoms with Gasteiger partial charge in [0.15, 0.2) is 0 Å². The van der Waals surface area contributed by atoms with Crippen LogP contribution in [-0.4, -0.2) is 10.6 Å². The predicted molar refractivity (Wildman–Crippen MR) is 313 cm³/mol. The lowest BCUT2D eigenvalue weighted by Crippen LogP contribution is -2.33. The molecular formula is C72H58N2. The van der Waals surface area contributed by atoms with Crippen molar-refractivity contribution in [2.45, 2.75) is 62.8 Å². The van der Waals surface area contributed by atoms with Crippen molar-refractivity contribution < 1.29 is 0 Å². The maximum atomic E-state index is 2.65. The Balaban J connectivity index is 0.939. The molecule has 2 heteroatoms. The maximum absolute atomic E-state index is 2.65. The smallest absolute Gasteiger partial charge is 0.0632 e. The highest BCUT2D eigenvalue weighted by molar-refractivity contribution is 6.16. The van der Waals surface area contributed by atoms with Gasteiger partial charge in [0, 0.05) is 33.2 Å². The van der Waals surface area contributed by atoms with Crippen molar-refractivity contribution in [1.29, 1.82) is 0 Å². The molecule has 1 saturated carbocycles. The highest BCUT2D eigenvalue weighted by Gasteiger charge is 2.41. The van der Waals surface area contributed by atoms with Gasteiger partial charge in [-0.05, 0) is 158 Å². The van der Waals surface area contributed by atoms with E-state index in [2.05, 4.69) is 265 Å². The van der Waals surface area contributed by atoms with Crippen molar-refractivity contribution in [3.05, 3.63) is 277 Å². The first-order chi connectivity index (χ1) is 36.6. The van der Waals surface area contributed by atoms with Gasteiger partial charge in [0.25, 0.3) is 0 Å². The van der Waals surface area contributed by atoms with Gasteiger partial charge in [-0.1, -0.05) is 219 Å². The second kappa shape index (κ2) is 18.2. The molecule has 356 valence electrons. The number of aromatic nitrogens is 1. The zero-order chi connectivity index (χ0) is 49.2. The summed E-state index contributed by atoms with van der Waals surface area (Å²) in [6.07, 6.45) is 14.5. The van der Waals surface area contributed by atoms with Crippen molar-refractivity contribution in [3.63, 3.8) is 0 Å². The SMILES string of the molecule is CC1(c2ccccc2)c2ccccc2-c2c(-c3ccc(N(c4cccc(-c5cccc6c5c5ccccc5n6-c5ccccc5)c4)C4CC=CC=C4c4cccc5cccc(C6CCCCC6)c45)cc3)cccc21. The number of allylic oxidation sites excluding steroid dienone is 2. The fourth-order valence-corrected chi connectivity index (χ4v) is 13.6. The summed E-state index contributed by atoms with van der Waals surface area (Å²) in [5.74, 6) is 0.583. The van der Waals surface area contributed by atoms with Gasteiger partial charge in [0.05, 0.1) is 17.1 Å². The molecule has 0 saturated heterocycles. The molecular weight excluding hydrogens is 893 g/mol. The number of rotatable bonds is 9. The van der Waals surface area contributed by atoms with E-state index in [4.69, 9.17) is 0 Å². The molecule has 1 aromatic heterocycles. The van der Waals surface area contributed by atoms with E-state index in [1.54, 1.807) is 0 Å². The third kappa shape index (κ3) is 7.14. The first-order valence-corrected chi connectivity index (χ1v) is 26.9. The van der Waals surface area contributed by atoms with Crippen LogP contribution in [0.15, 0.2) is 249 Å². The van der Waals surface area contributed by atoms with Gasteiger partial charge in [-0.15, -0.1) is 0 Å². The molecule has 14 rings (SSSR count). The van der Waals surface area contributed by atoms with E-state index < -0.39 is 0 Å². The van der Waals surface area contributed by atoms with Gasteiger partial charge in [-0.2, -0.15) is 0 Å². The van der Waals surface area contributed by atoms with Crippen LogP contribution >= 0.6 is 0 Å². The Bertz CT molecular complexity index is 3980. The van der Waals surface area contributed by atoms with Gasteiger partial charge >= 0.3 is 0 Å². The number of fused-ring (bicyclic) bond motifs is 7. The molecule has 11 aromatic rings. The lowest BCUT2D eigenvalue weighted by molar-refractivity contribution is 0.445. The zero-order valence-corrected chi connectivity index (χ0v) is 42.0. The van der Waals surface area contributed by atoms with E-state index in [1.165, 1.54) is 149 Å². The lowest BCUT2D eigenvalue weighted by atomic mass is 9.74. The first kappa shape index (κ1) is 44.3. The number of hydrogen-bond acceptors (Lipinski definition) is 1. The van der Waals surface area contributed by atoms with Crippen LogP contribution in [0.5, 0.6) is 0 Å². The number of hydrogen-bond donors (Lipinski definition) is 0. The summed E-state index contributed by atoms with van der Waals surface area (Å²) < 4.78 is 2.42. The standard InChI is InChI=1S/C72H58N2/c1-72(53-27-7-3-8-28-53)64-39-14-11-33-62(64)70-58(36-20-40-65(70)72)50-44-46-55(47-45-50)73(66-41-15-12-32-60(66)61-38-19-25-51-24-18-35-57(69(51)61)49-22-5-2-6-23-49)56-31-17-26-52(48-56)59-37-21-43-68-71(59)63-34-13-16-42-67(63)74(68)54-29-9-4-10-30-54/h3-4,7-21,24-40,42-49,66H,2,5-6,22-23,41H2,1H3. The molecule has 0 spiro atoms. The van der Waals surface area contributed by atoms with Gasteiger partial charge in [-0.25, -0.2) is 0 Å². The summed E-state index contributed by atoms with van der Waals surface area (Å²) >= 11 is 0. The molecule has 0 bridgehead atoms. The van der Waals surface area contributed by atoms with Crippen LogP contribution in [0.25, 0.3) is 77.2 Å². The van der Waals surface area contributed by atoms with Crippen molar-refractivity contribution >= 4 is 49.5 Å². The number of para-hydroxylation sites is 2. The van der Waals surface area contributed by atoms with Crippen molar-refractivity contribution in [3.8, 4) is 39.1 Å². The van der Waals surface area contributed by atoms with Gasteiger partial charge in [0.2, 0.25) is 0 Å². The Morgan fingerprint density at radius 3 is 2.00 bits per heavy atom. The van der Waals surface area contributed by atoms with Crippen LogP contribution in [0.1, 0.15) is 79.2 Å². The Kier molecular flexibility index (Phi) is 10.9. The average molecular weight is 951 g/mol. The molecule has 0 amide bonds. The Labute approximate surface area is 435 Å². The molecule has 1 fully saturated rings. The first-order valence-electron chi connectivity index (χ1n) is 26.9. The molecule has 2 unspecified atom stereocenters. The molecule has 1 heterocycles. The third-order valence-electron chi connectivity index (χ3n) is 17.0. The van der Waals surface area contributed by atoms with Crippen LogP contribution in [0, 0.1) is 0 Å². The van der Waals surface area contributed by atoms with Crippen molar-refractivity contribution in [1.82, 2.24) is 4.57 Å². The van der Waals surface area contributed by atoms with E-state index in [9.17, 15) is 0 Å². The van der Waals surface area contributed by atoms with E-state index in [0.29, 0.717) is 5.92 Å². The normalized spacial score (nSPS) is 17.4. The molecule has 74 heavy (non-hydrogen) atoms. The van der Waals surface area contributed by atoms with E-state index in [0.717, 1.165) is 6.42 Å². The third-order valence-corrected chi connectivity index (χ3v) is 17.0. The minimum absolute atomic E-state index is 0.0290. The molecule has 0 aliphatic heterocycles. The summed E-state index contributed by atoms with van der Waals surface area (Å²) in [6.45, 7) is 2.41. The molecule has 2 nitrogen and oxygen atoms in total. The van der Waals surface area contributed by atoms with Crippen molar-refractivity contribution in [2.75, 3.05) is 4.90 Å². The monoisotopic (exact) mass is 950 g/mol. The minimum Gasteiger partial charge on any atom is -0.334 e. The van der Waals surface area contributed by atoms with Crippen molar-refractivity contribution in [2.24, 2.45) is 0 Å². The summed E-state index contributed by atoms with van der Waals surface area (Å²) in [6, 6.07) is 86.6. The van der Waals surface area contributed by atoms with Crippen LogP contribution in [-0.2, 0) is 5.41 Å². The average Bonchev–Trinajstić information content (AvgIpc) is 3.96. The summed E-state index contributed by atoms with van der Waals surface area (Å²) in [5.41, 5.74) is 21.5. The van der Waals surface area contributed by atoms with Crippen LogP contribution in [0.2, 0.25) is 0 Å². The Hall–Kier alpha value is -8.46. The number of anilines is 2. The maximum Gasteiger partial charge on any atom is 0.0632 e. The molecule has 0 N–H and O–H groups in total. The molecule has 3 aliphatic rings. The lowest BCUT2D eigenvalue weighted by Gasteiger charge is -2.37. The highest BCUT2D eigenvalue weighted by Crippen LogP contribution is 2.55. The Morgan fingerprint density at radius 1 is 0.486 bits per heavy atom. The zero-order valence-electron chi connectivity index (χ0n) is 42.0. The van der Waals surface area contributed by atoms with Crippen LogP contribution in [0.3, 0.4) is 0 Å². The quantitative estimate of drug-likeness (QED) is 0.140. The van der Waals surface area contributed by atoms with Crippen LogP contribution < -0.4 is 4.90 Å². The second-order valence-electron chi connectivity index (χ2n) is 21.0. The van der Waals surface area contributed by atoms with Gasteiger partial charge in [0.1, 0.15) is 0 Å². The Morgan fingerprint density at radius 2 is 1.15 bits per heavy atom. The minimum atomic E-state index is -0.262. The largest absolute Gasteiger partial charge is 0.334 e. The molecule has 3 aliphatic carbocycles. The molecule has 2 atom stereocenters. The van der Waals surface area contributed by atoms with E-state index in [-0.39, 0.29) is 11.5 Å². The molecule has 0 radical (unpaired) electrons. The van der Waals surface area contributed by atoms with Gasteiger partial charge < -0.3 is 9.47 Å².